The molecule has 0 spiro atoms. The fraction of sp³-hybridized carbons (Fsp3) is 0.562. The number of carbonyl (C=O) groups is 1. The zero-order valence-electron chi connectivity index (χ0n) is 13.6. The van der Waals surface area contributed by atoms with Crippen LogP contribution in [-0.2, 0) is 0 Å². The van der Waals surface area contributed by atoms with Gasteiger partial charge in [0.15, 0.2) is 11.6 Å². The van der Waals surface area contributed by atoms with E-state index in [-0.39, 0.29) is 6.03 Å². The summed E-state index contributed by atoms with van der Waals surface area (Å²) in [4.78, 5) is 14.0. The van der Waals surface area contributed by atoms with E-state index < -0.39 is 17.7 Å². The van der Waals surface area contributed by atoms with Crippen molar-refractivity contribution >= 4 is 6.03 Å². The van der Waals surface area contributed by atoms with Gasteiger partial charge in [0.25, 0.3) is 0 Å². The van der Waals surface area contributed by atoms with Crippen molar-refractivity contribution in [2.75, 3.05) is 20.1 Å². The normalized spacial score (nSPS) is 13.8. The standard InChI is InChI=1S/C16H25F2N3O/c1-5-11(2)21(4)9-8-19-16(22)20-12(3)13-6-7-14(17)15(18)10-13/h6-7,10-12H,5,8-9H2,1-4H3,(H2,19,20,22). The van der Waals surface area contributed by atoms with Crippen molar-refractivity contribution in [2.45, 2.75) is 39.3 Å². The van der Waals surface area contributed by atoms with Crippen LogP contribution in [0.25, 0.3) is 0 Å². The molecule has 2 unspecified atom stereocenters. The minimum absolute atomic E-state index is 0.324. The van der Waals surface area contributed by atoms with Crippen molar-refractivity contribution in [1.29, 1.82) is 0 Å². The number of rotatable bonds is 7. The highest BCUT2D eigenvalue weighted by atomic mass is 19.2. The lowest BCUT2D eigenvalue weighted by molar-refractivity contribution is 0.228. The van der Waals surface area contributed by atoms with Crippen LogP contribution in [0.3, 0.4) is 0 Å². The second-order valence-corrected chi connectivity index (χ2v) is 5.53. The van der Waals surface area contributed by atoms with Crippen LogP contribution in [0.2, 0.25) is 0 Å². The predicted molar refractivity (Wildman–Crippen MR) is 83.7 cm³/mol. The third-order valence-electron chi connectivity index (χ3n) is 3.88. The van der Waals surface area contributed by atoms with Crippen LogP contribution >= 0.6 is 0 Å². The van der Waals surface area contributed by atoms with Crippen molar-refractivity contribution < 1.29 is 13.6 Å². The van der Waals surface area contributed by atoms with Gasteiger partial charge in [-0.05, 0) is 45.0 Å². The number of urea groups is 1. The van der Waals surface area contributed by atoms with E-state index in [0.29, 0.717) is 18.2 Å². The Hall–Kier alpha value is -1.69. The summed E-state index contributed by atoms with van der Waals surface area (Å²) in [6.45, 7) is 7.24. The Kier molecular flexibility index (Phi) is 7.24. The maximum absolute atomic E-state index is 13.2. The third kappa shape index (κ3) is 5.60. The summed E-state index contributed by atoms with van der Waals surface area (Å²) in [7, 11) is 2.01. The number of nitrogens with zero attached hydrogens (tertiary/aromatic N) is 1. The average Bonchev–Trinajstić information content (AvgIpc) is 2.48. The average molecular weight is 313 g/mol. The van der Waals surface area contributed by atoms with Crippen LogP contribution in [0, 0.1) is 11.6 Å². The fourth-order valence-corrected chi connectivity index (χ4v) is 1.99. The smallest absolute Gasteiger partial charge is 0.315 e. The quantitative estimate of drug-likeness (QED) is 0.812. The van der Waals surface area contributed by atoms with Crippen molar-refractivity contribution in [1.82, 2.24) is 15.5 Å². The molecule has 0 saturated heterocycles. The molecule has 0 radical (unpaired) electrons. The number of halogens is 2. The molecule has 0 aromatic heterocycles. The summed E-state index contributed by atoms with van der Waals surface area (Å²) in [5, 5.41) is 5.46. The maximum Gasteiger partial charge on any atom is 0.315 e. The number of likely N-dealkylation sites (N-methyl/N-ethyl adjacent to an activating group) is 1. The predicted octanol–water partition coefficient (Wildman–Crippen LogP) is 3.06. The number of hydrogen-bond donors (Lipinski definition) is 2. The largest absolute Gasteiger partial charge is 0.337 e. The third-order valence-corrected chi connectivity index (χ3v) is 3.88. The molecule has 0 heterocycles. The Labute approximate surface area is 130 Å². The van der Waals surface area contributed by atoms with Gasteiger partial charge in [-0.2, -0.15) is 0 Å². The highest BCUT2D eigenvalue weighted by molar-refractivity contribution is 5.74. The molecule has 2 atom stereocenters. The SMILES string of the molecule is CCC(C)N(C)CCNC(=O)NC(C)c1ccc(F)c(F)c1. The van der Waals surface area contributed by atoms with Gasteiger partial charge in [0.1, 0.15) is 0 Å². The molecule has 22 heavy (non-hydrogen) atoms. The second kappa shape index (κ2) is 8.68. The van der Waals surface area contributed by atoms with Crippen molar-refractivity contribution in [2.24, 2.45) is 0 Å². The van der Waals surface area contributed by atoms with Crippen molar-refractivity contribution in [3.8, 4) is 0 Å². The summed E-state index contributed by atoms with van der Waals surface area (Å²) < 4.78 is 26.1. The van der Waals surface area contributed by atoms with Gasteiger partial charge in [0, 0.05) is 19.1 Å². The fourth-order valence-electron chi connectivity index (χ4n) is 1.99. The van der Waals surface area contributed by atoms with Crippen LogP contribution in [0.15, 0.2) is 18.2 Å². The molecule has 0 fully saturated rings. The molecule has 1 aromatic rings. The molecule has 1 rings (SSSR count). The van der Waals surface area contributed by atoms with Gasteiger partial charge in [-0.15, -0.1) is 0 Å². The zero-order valence-corrected chi connectivity index (χ0v) is 13.6. The number of nitrogens with one attached hydrogen (secondary N) is 2. The first-order valence-corrected chi connectivity index (χ1v) is 7.54. The van der Waals surface area contributed by atoms with Crippen LogP contribution in [0.4, 0.5) is 13.6 Å². The minimum atomic E-state index is -0.915. The van der Waals surface area contributed by atoms with Gasteiger partial charge >= 0.3 is 6.03 Å². The van der Waals surface area contributed by atoms with Gasteiger partial charge in [-0.1, -0.05) is 13.0 Å². The first kappa shape index (κ1) is 18.4. The molecule has 1 aromatic carbocycles. The Bertz CT molecular complexity index is 496. The first-order valence-electron chi connectivity index (χ1n) is 7.54. The molecule has 2 amide bonds. The van der Waals surface area contributed by atoms with E-state index in [1.54, 1.807) is 6.92 Å². The van der Waals surface area contributed by atoms with Crippen LogP contribution in [-0.4, -0.2) is 37.1 Å². The molecule has 0 aliphatic carbocycles. The molecule has 0 saturated carbocycles. The molecular formula is C16H25F2N3O. The molecule has 4 nitrogen and oxygen atoms in total. The Morgan fingerprint density at radius 1 is 1.27 bits per heavy atom. The number of carbonyl (C=O) groups excluding carboxylic acids is 1. The van der Waals surface area contributed by atoms with Crippen molar-refractivity contribution in [3.63, 3.8) is 0 Å². The van der Waals surface area contributed by atoms with Gasteiger partial charge in [-0.25, -0.2) is 13.6 Å². The molecular weight excluding hydrogens is 288 g/mol. The first-order chi connectivity index (χ1) is 10.3. The zero-order chi connectivity index (χ0) is 16.7. The number of benzene rings is 1. The highest BCUT2D eigenvalue weighted by Crippen LogP contribution is 2.15. The maximum atomic E-state index is 13.2. The highest BCUT2D eigenvalue weighted by Gasteiger charge is 2.12. The lowest BCUT2D eigenvalue weighted by atomic mass is 10.1. The van der Waals surface area contributed by atoms with Crippen molar-refractivity contribution in [3.05, 3.63) is 35.4 Å². The molecule has 6 heteroatoms. The Balaban J connectivity index is 2.39. The van der Waals surface area contributed by atoms with Crippen LogP contribution in [0.1, 0.15) is 38.8 Å². The minimum Gasteiger partial charge on any atom is -0.337 e. The summed E-state index contributed by atoms with van der Waals surface area (Å²) in [5.41, 5.74) is 0.519. The van der Waals surface area contributed by atoms with Crippen LogP contribution in [0.5, 0.6) is 0 Å². The summed E-state index contributed by atoms with van der Waals surface area (Å²) >= 11 is 0. The van der Waals surface area contributed by atoms with E-state index in [4.69, 9.17) is 0 Å². The second-order valence-electron chi connectivity index (χ2n) is 5.53. The summed E-state index contributed by atoms with van der Waals surface area (Å²) in [6, 6.07) is 3.35. The van der Waals surface area contributed by atoms with E-state index >= 15 is 0 Å². The topological polar surface area (TPSA) is 44.4 Å². The number of amides is 2. The molecule has 0 aliphatic heterocycles. The molecule has 0 aliphatic rings. The molecule has 0 bridgehead atoms. The van der Waals surface area contributed by atoms with Crippen LogP contribution < -0.4 is 10.6 Å². The van der Waals surface area contributed by atoms with Gasteiger partial charge in [0.05, 0.1) is 6.04 Å². The van der Waals surface area contributed by atoms with E-state index in [0.717, 1.165) is 25.1 Å². The molecule has 2 N–H and O–H groups in total. The van der Waals surface area contributed by atoms with Gasteiger partial charge < -0.3 is 15.5 Å². The Morgan fingerprint density at radius 2 is 1.95 bits per heavy atom. The monoisotopic (exact) mass is 313 g/mol. The Morgan fingerprint density at radius 3 is 2.55 bits per heavy atom. The van der Waals surface area contributed by atoms with E-state index in [2.05, 4.69) is 29.4 Å². The summed E-state index contributed by atoms with van der Waals surface area (Å²) in [6.07, 6.45) is 1.05. The summed E-state index contributed by atoms with van der Waals surface area (Å²) in [5.74, 6) is -1.81. The van der Waals surface area contributed by atoms with E-state index in [1.165, 1.54) is 6.07 Å². The van der Waals surface area contributed by atoms with E-state index in [9.17, 15) is 13.6 Å². The lowest BCUT2D eigenvalue weighted by Crippen LogP contribution is -2.42. The van der Waals surface area contributed by atoms with Gasteiger partial charge in [-0.3, -0.25) is 0 Å². The van der Waals surface area contributed by atoms with E-state index in [1.807, 2.05) is 7.05 Å². The lowest BCUT2D eigenvalue weighted by Gasteiger charge is -2.23. The number of hydrogen-bond acceptors (Lipinski definition) is 2. The van der Waals surface area contributed by atoms with Gasteiger partial charge in [0.2, 0.25) is 0 Å². The molecule has 124 valence electrons.